The summed E-state index contributed by atoms with van der Waals surface area (Å²) in [5.74, 6) is -0.398. The summed E-state index contributed by atoms with van der Waals surface area (Å²) in [6.45, 7) is 1.80. The maximum Gasteiger partial charge on any atom is 0.340 e. The van der Waals surface area contributed by atoms with Crippen molar-refractivity contribution in [3.05, 3.63) is 35.8 Å². The van der Waals surface area contributed by atoms with Gasteiger partial charge >= 0.3 is 5.97 Å². The van der Waals surface area contributed by atoms with Gasteiger partial charge in [0.15, 0.2) is 9.99 Å². The molecule has 0 aromatic carbocycles. The fourth-order valence-electron chi connectivity index (χ4n) is 2.27. The van der Waals surface area contributed by atoms with E-state index in [0.717, 1.165) is 20.2 Å². The average Bonchev–Trinajstić information content (AvgIpc) is 2.96. The quantitative estimate of drug-likeness (QED) is 0.540. The van der Waals surface area contributed by atoms with Gasteiger partial charge < -0.3 is 4.74 Å². The number of carbonyl (C=O) groups is 1. The van der Waals surface area contributed by atoms with Gasteiger partial charge in [0, 0.05) is 23.5 Å². The predicted molar refractivity (Wildman–Crippen MR) is 88.5 cm³/mol. The van der Waals surface area contributed by atoms with Gasteiger partial charge in [-0.3, -0.25) is 4.98 Å². The summed E-state index contributed by atoms with van der Waals surface area (Å²) in [7, 11) is 1.37. The molecule has 0 atom stereocenters. The Hall–Kier alpha value is -1.99. The number of ether oxygens (including phenoxy) is 1. The van der Waals surface area contributed by atoms with Crippen molar-refractivity contribution in [1.82, 2.24) is 15.0 Å². The van der Waals surface area contributed by atoms with E-state index in [1.165, 1.54) is 18.4 Å². The van der Waals surface area contributed by atoms with E-state index >= 15 is 0 Å². The number of nitrogens with zero attached hydrogens (tertiary/aromatic N) is 3. The number of hydrogen-bond donors (Lipinski definition) is 0. The number of rotatable bonds is 3. The number of aryl methyl sites for hydroxylation is 1. The fraction of sp³-hybridized carbons (Fsp3) is 0.200. The zero-order chi connectivity index (χ0) is 15.7. The van der Waals surface area contributed by atoms with Crippen molar-refractivity contribution in [2.75, 3.05) is 13.4 Å². The summed E-state index contributed by atoms with van der Waals surface area (Å²) in [5.41, 5.74) is 3.38. The summed E-state index contributed by atoms with van der Waals surface area (Å²) >= 11 is 3.08. The van der Waals surface area contributed by atoms with Gasteiger partial charge in [-0.05, 0) is 19.2 Å². The largest absolute Gasteiger partial charge is 0.465 e. The van der Waals surface area contributed by atoms with Crippen molar-refractivity contribution in [3.8, 4) is 11.1 Å². The molecule has 0 unspecified atom stereocenters. The number of esters is 1. The summed E-state index contributed by atoms with van der Waals surface area (Å²) in [6, 6.07) is 3.76. The van der Waals surface area contributed by atoms with E-state index in [2.05, 4.69) is 15.0 Å². The minimum atomic E-state index is -0.398. The number of thioether (sulfide) groups is 1. The van der Waals surface area contributed by atoms with Crippen LogP contribution in [0.2, 0.25) is 0 Å². The molecular weight excluding hydrogens is 318 g/mol. The molecular formula is C15H13N3O2S2. The molecule has 0 N–H and O–H groups in total. The molecule has 3 aromatic rings. The Bertz CT molecular complexity index is 847. The van der Waals surface area contributed by atoms with Gasteiger partial charge in [0.2, 0.25) is 0 Å². The van der Waals surface area contributed by atoms with Gasteiger partial charge in [0.1, 0.15) is 0 Å². The molecule has 0 fully saturated rings. The van der Waals surface area contributed by atoms with Gasteiger partial charge in [-0.1, -0.05) is 17.8 Å². The molecule has 0 saturated heterocycles. The van der Waals surface area contributed by atoms with Gasteiger partial charge in [0.05, 0.1) is 23.1 Å². The zero-order valence-corrected chi connectivity index (χ0v) is 13.9. The Kier molecular flexibility index (Phi) is 4.08. The van der Waals surface area contributed by atoms with Crippen LogP contribution in [0.15, 0.2) is 28.9 Å². The number of fused-ring (bicyclic) bond motifs is 1. The summed E-state index contributed by atoms with van der Waals surface area (Å²) < 4.78 is 6.73. The molecule has 112 valence electrons. The molecule has 3 heterocycles. The number of methoxy groups -OCH3 is 1. The molecule has 0 spiro atoms. The van der Waals surface area contributed by atoms with Crippen LogP contribution in [-0.4, -0.2) is 34.3 Å². The topological polar surface area (TPSA) is 65.0 Å². The molecule has 3 rings (SSSR count). The molecule has 0 aliphatic heterocycles. The summed E-state index contributed by atoms with van der Waals surface area (Å²) in [5, 5.41) is 0. The first-order valence-electron chi connectivity index (χ1n) is 6.49. The average molecular weight is 331 g/mol. The van der Waals surface area contributed by atoms with Crippen molar-refractivity contribution < 1.29 is 9.53 Å². The lowest BCUT2D eigenvalue weighted by atomic mass is 10.0. The second-order valence-corrected chi connectivity index (χ2v) is 6.57. The molecule has 5 nitrogen and oxygen atoms in total. The Labute approximate surface area is 135 Å². The second kappa shape index (κ2) is 6.02. The highest BCUT2D eigenvalue weighted by atomic mass is 32.2. The van der Waals surface area contributed by atoms with Gasteiger partial charge in [-0.25, -0.2) is 14.8 Å². The minimum absolute atomic E-state index is 0.398. The highest BCUT2D eigenvalue weighted by molar-refractivity contribution is 8.00. The molecule has 7 heteroatoms. The van der Waals surface area contributed by atoms with Crippen LogP contribution in [0, 0.1) is 6.92 Å². The van der Waals surface area contributed by atoms with Crippen LogP contribution in [0.5, 0.6) is 0 Å². The number of pyridine rings is 2. The number of carbonyl (C=O) groups excluding carboxylic acids is 1. The molecule has 22 heavy (non-hydrogen) atoms. The molecule has 0 radical (unpaired) electrons. The van der Waals surface area contributed by atoms with E-state index in [1.54, 1.807) is 31.1 Å². The third-order valence-electron chi connectivity index (χ3n) is 3.22. The van der Waals surface area contributed by atoms with E-state index in [4.69, 9.17) is 4.74 Å². The highest BCUT2D eigenvalue weighted by Crippen LogP contribution is 2.38. The normalized spacial score (nSPS) is 10.9. The summed E-state index contributed by atoms with van der Waals surface area (Å²) in [4.78, 5) is 25.4. The first-order valence-corrected chi connectivity index (χ1v) is 8.53. The lowest BCUT2D eigenvalue weighted by Gasteiger charge is -2.11. The van der Waals surface area contributed by atoms with Crippen LogP contribution in [0.4, 0.5) is 0 Å². The van der Waals surface area contributed by atoms with E-state index in [0.29, 0.717) is 16.9 Å². The number of hydrogen-bond acceptors (Lipinski definition) is 7. The molecule has 0 amide bonds. The Morgan fingerprint density at radius 2 is 2.18 bits per heavy atom. The van der Waals surface area contributed by atoms with Crippen LogP contribution in [0.1, 0.15) is 16.1 Å². The molecule has 0 aliphatic rings. The van der Waals surface area contributed by atoms with Crippen molar-refractivity contribution in [3.63, 3.8) is 0 Å². The van der Waals surface area contributed by atoms with E-state index in [1.807, 2.05) is 18.4 Å². The van der Waals surface area contributed by atoms with E-state index < -0.39 is 5.97 Å². The third kappa shape index (κ3) is 2.46. The van der Waals surface area contributed by atoms with Crippen LogP contribution in [0.25, 0.3) is 21.5 Å². The lowest BCUT2D eigenvalue weighted by Crippen LogP contribution is -2.08. The van der Waals surface area contributed by atoms with Crippen LogP contribution in [0.3, 0.4) is 0 Å². The Morgan fingerprint density at radius 3 is 2.82 bits per heavy atom. The third-order valence-corrected chi connectivity index (χ3v) is 5.26. The van der Waals surface area contributed by atoms with E-state index in [9.17, 15) is 4.79 Å². The summed E-state index contributed by atoms with van der Waals surface area (Å²) in [6.07, 6.45) is 5.40. The predicted octanol–water partition coefficient (Wildman–Crippen LogP) is 3.57. The molecule has 0 bridgehead atoms. The van der Waals surface area contributed by atoms with Crippen LogP contribution < -0.4 is 0 Å². The monoisotopic (exact) mass is 331 g/mol. The molecule has 0 aliphatic carbocycles. The smallest absolute Gasteiger partial charge is 0.340 e. The zero-order valence-electron chi connectivity index (χ0n) is 12.3. The van der Waals surface area contributed by atoms with E-state index in [-0.39, 0.29) is 0 Å². The number of aromatic nitrogens is 3. The van der Waals surface area contributed by atoms with Gasteiger partial charge in [-0.2, -0.15) is 0 Å². The van der Waals surface area contributed by atoms with Crippen molar-refractivity contribution >= 4 is 39.4 Å². The Balaban J connectivity index is 2.42. The number of thiazole rings is 1. The standard InChI is InChI=1S/C15H13N3O2S2/c1-8-10(14(19)20-2)11(9-5-4-6-16-7-9)12-13(17-8)18-15(21-3)22-12/h4-7H,1-3H3. The lowest BCUT2D eigenvalue weighted by molar-refractivity contribution is 0.0600. The highest BCUT2D eigenvalue weighted by Gasteiger charge is 2.23. The van der Waals surface area contributed by atoms with Gasteiger partial charge in [-0.15, -0.1) is 11.3 Å². The first kappa shape index (κ1) is 14.9. The van der Waals surface area contributed by atoms with Crippen molar-refractivity contribution in [2.45, 2.75) is 11.3 Å². The minimum Gasteiger partial charge on any atom is -0.465 e. The SMILES string of the molecule is COC(=O)c1c(C)nc2nc(SC)sc2c1-c1cccnc1. The molecule has 0 saturated carbocycles. The first-order chi connectivity index (χ1) is 10.7. The second-order valence-electron chi connectivity index (χ2n) is 4.52. The van der Waals surface area contributed by atoms with Crippen molar-refractivity contribution in [2.24, 2.45) is 0 Å². The maximum atomic E-state index is 12.2. The molecule has 3 aromatic heterocycles. The van der Waals surface area contributed by atoms with Crippen molar-refractivity contribution in [1.29, 1.82) is 0 Å². The van der Waals surface area contributed by atoms with Crippen LogP contribution >= 0.6 is 23.1 Å². The van der Waals surface area contributed by atoms with Crippen LogP contribution in [-0.2, 0) is 4.74 Å². The fourth-order valence-corrected chi connectivity index (χ4v) is 3.84. The van der Waals surface area contributed by atoms with Gasteiger partial charge in [0.25, 0.3) is 0 Å². The maximum absolute atomic E-state index is 12.2. The Morgan fingerprint density at radius 1 is 1.36 bits per heavy atom.